The fourth-order valence-corrected chi connectivity index (χ4v) is 2.68. The van der Waals surface area contributed by atoms with Gasteiger partial charge in [0.1, 0.15) is 12.4 Å². The molecule has 0 radical (unpaired) electrons. The summed E-state index contributed by atoms with van der Waals surface area (Å²) in [4.78, 5) is 4.14. The summed E-state index contributed by atoms with van der Waals surface area (Å²) in [5.41, 5.74) is 2.12. The zero-order valence-corrected chi connectivity index (χ0v) is 19.5. The average Bonchev–Trinajstić information content (AvgIpc) is 2.62. The molecule has 0 saturated carbocycles. The Morgan fingerprint density at radius 3 is 2.56 bits per heavy atom. The fourth-order valence-electron chi connectivity index (χ4n) is 2.07. The predicted octanol–water partition coefficient (Wildman–Crippen LogP) is 1.24. The van der Waals surface area contributed by atoms with Gasteiger partial charge in [0.15, 0.2) is 5.96 Å². The first-order chi connectivity index (χ1) is 12.4. The molecular weight excluding hydrogens is 483 g/mol. The van der Waals surface area contributed by atoms with Gasteiger partial charge in [-0.1, -0.05) is 12.1 Å². The number of nitrogens with zero attached hydrogens (tertiary/aromatic N) is 1. The topological polar surface area (TPSA) is 101 Å². The third kappa shape index (κ3) is 10.7. The Morgan fingerprint density at radius 1 is 1.19 bits per heavy atom. The summed E-state index contributed by atoms with van der Waals surface area (Å²) in [5.74, 6) is 1.46. The molecule has 3 N–H and O–H groups in total. The number of halogens is 1. The molecule has 0 bridgehead atoms. The summed E-state index contributed by atoms with van der Waals surface area (Å²) in [5, 5.41) is 6.27. The van der Waals surface area contributed by atoms with E-state index in [9.17, 15) is 8.42 Å². The summed E-state index contributed by atoms with van der Waals surface area (Å²) in [6, 6.07) is 6.02. The van der Waals surface area contributed by atoms with Gasteiger partial charge in [0.05, 0.1) is 12.4 Å². The first-order valence-corrected chi connectivity index (χ1v) is 10.2. The Hall–Kier alpha value is -1.11. The maximum atomic E-state index is 11.4. The van der Waals surface area contributed by atoms with Crippen LogP contribution in [0, 0.1) is 6.92 Å². The summed E-state index contributed by atoms with van der Waals surface area (Å²) < 4.78 is 36.1. The van der Waals surface area contributed by atoms with E-state index in [-0.39, 0.29) is 29.7 Å². The minimum atomic E-state index is -3.18. The van der Waals surface area contributed by atoms with Crippen LogP contribution in [0.3, 0.4) is 0 Å². The number of ether oxygens (including phenoxy) is 2. The highest BCUT2D eigenvalue weighted by atomic mass is 127. The third-order valence-corrected chi connectivity index (χ3v) is 4.96. The minimum Gasteiger partial charge on any atom is -0.491 e. The zero-order chi connectivity index (χ0) is 19.4. The van der Waals surface area contributed by atoms with Gasteiger partial charge in [-0.05, 0) is 25.5 Å². The van der Waals surface area contributed by atoms with Crippen LogP contribution in [0.25, 0.3) is 0 Å². The molecule has 1 rings (SSSR count). The minimum absolute atomic E-state index is 0. The standard InChI is InChI=1S/C17H30N4O4S.HI/c1-5-26(22,23)21-9-8-19-17(18-3)20-13-15-7-6-14(2)12-16(15)25-11-10-24-4;/h6-7,12,21H,5,8-11,13H2,1-4H3,(H2,18,19,20);1H. The van der Waals surface area contributed by atoms with Crippen LogP contribution in [0.15, 0.2) is 23.2 Å². The van der Waals surface area contributed by atoms with Crippen molar-refractivity contribution in [3.8, 4) is 5.75 Å². The number of nitrogens with one attached hydrogen (secondary N) is 3. The highest BCUT2D eigenvalue weighted by molar-refractivity contribution is 14.0. The van der Waals surface area contributed by atoms with E-state index < -0.39 is 10.0 Å². The van der Waals surface area contributed by atoms with Crippen molar-refractivity contribution in [2.75, 3.05) is 46.2 Å². The Labute approximate surface area is 179 Å². The summed E-state index contributed by atoms with van der Waals surface area (Å²) >= 11 is 0. The van der Waals surface area contributed by atoms with Crippen molar-refractivity contribution in [3.05, 3.63) is 29.3 Å². The Balaban J connectivity index is 0.00000676. The number of methoxy groups -OCH3 is 1. The van der Waals surface area contributed by atoms with Crippen molar-refractivity contribution in [1.29, 1.82) is 0 Å². The first kappa shape index (κ1) is 25.9. The molecule has 0 aliphatic heterocycles. The van der Waals surface area contributed by atoms with Gasteiger partial charge in [0.2, 0.25) is 10.0 Å². The van der Waals surface area contributed by atoms with E-state index in [2.05, 4.69) is 20.3 Å². The molecule has 0 aromatic heterocycles. The Kier molecular flexibility index (Phi) is 13.4. The van der Waals surface area contributed by atoms with Crippen molar-refractivity contribution < 1.29 is 17.9 Å². The van der Waals surface area contributed by atoms with Crippen LogP contribution in [0.1, 0.15) is 18.1 Å². The number of rotatable bonds is 11. The van der Waals surface area contributed by atoms with E-state index in [1.165, 1.54) is 0 Å². The number of aryl methyl sites for hydroxylation is 1. The summed E-state index contributed by atoms with van der Waals surface area (Å²) in [6.07, 6.45) is 0. The van der Waals surface area contributed by atoms with Crippen LogP contribution in [-0.4, -0.2) is 60.6 Å². The van der Waals surface area contributed by atoms with E-state index in [0.29, 0.717) is 38.8 Å². The van der Waals surface area contributed by atoms with Gasteiger partial charge < -0.3 is 20.1 Å². The van der Waals surface area contributed by atoms with E-state index in [1.54, 1.807) is 21.1 Å². The second-order valence-electron chi connectivity index (χ2n) is 5.60. The number of aliphatic imine (C=N–C) groups is 1. The molecule has 0 unspecified atom stereocenters. The molecule has 0 amide bonds. The van der Waals surface area contributed by atoms with Crippen LogP contribution in [0.5, 0.6) is 5.75 Å². The van der Waals surface area contributed by atoms with E-state index in [1.807, 2.05) is 25.1 Å². The summed E-state index contributed by atoms with van der Waals surface area (Å²) in [7, 11) is 0.123. The van der Waals surface area contributed by atoms with Crippen molar-refractivity contribution in [3.63, 3.8) is 0 Å². The Morgan fingerprint density at radius 2 is 1.93 bits per heavy atom. The highest BCUT2D eigenvalue weighted by Gasteiger charge is 2.07. The lowest BCUT2D eigenvalue weighted by Gasteiger charge is -2.15. The van der Waals surface area contributed by atoms with Gasteiger partial charge in [-0.15, -0.1) is 24.0 Å². The van der Waals surface area contributed by atoms with Gasteiger partial charge in [0.25, 0.3) is 0 Å². The first-order valence-electron chi connectivity index (χ1n) is 8.55. The number of sulfonamides is 1. The molecule has 0 heterocycles. The van der Waals surface area contributed by atoms with Gasteiger partial charge in [-0.3, -0.25) is 4.99 Å². The number of hydrogen-bond acceptors (Lipinski definition) is 5. The molecular formula is C17H31IN4O4S. The molecule has 10 heteroatoms. The second kappa shape index (κ2) is 14.0. The maximum absolute atomic E-state index is 11.4. The largest absolute Gasteiger partial charge is 0.491 e. The van der Waals surface area contributed by atoms with Gasteiger partial charge in [-0.25, -0.2) is 13.1 Å². The molecule has 156 valence electrons. The molecule has 1 aromatic rings. The van der Waals surface area contributed by atoms with Crippen molar-refractivity contribution >= 4 is 40.0 Å². The lowest BCUT2D eigenvalue weighted by atomic mass is 10.1. The molecule has 27 heavy (non-hydrogen) atoms. The number of hydrogen-bond donors (Lipinski definition) is 3. The molecule has 1 aromatic carbocycles. The van der Waals surface area contributed by atoms with Crippen molar-refractivity contribution in [2.24, 2.45) is 4.99 Å². The molecule has 0 aliphatic carbocycles. The average molecular weight is 514 g/mol. The maximum Gasteiger partial charge on any atom is 0.211 e. The van der Waals surface area contributed by atoms with Crippen LogP contribution < -0.4 is 20.1 Å². The number of benzene rings is 1. The van der Waals surface area contributed by atoms with Crippen LogP contribution in [0.2, 0.25) is 0 Å². The SMILES string of the molecule is CCS(=O)(=O)NCCNC(=NC)NCc1ccc(C)cc1OCCOC.I. The lowest BCUT2D eigenvalue weighted by molar-refractivity contribution is 0.145. The molecule has 0 saturated heterocycles. The quantitative estimate of drug-likeness (QED) is 0.178. The second-order valence-corrected chi connectivity index (χ2v) is 7.70. The van der Waals surface area contributed by atoms with Gasteiger partial charge >= 0.3 is 0 Å². The smallest absolute Gasteiger partial charge is 0.211 e. The number of guanidine groups is 1. The molecule has 0 spiro atoms. The van der Waals surface area contributed by atoms with Crippen LogP contribution in [-0.2, 0) is 21.3 Å². The third-order valence-electron chi connectivity index (χ3n) is 3.56. The van der Waals surface area contributed by atoms with Crippen molar-refractivity contribution in [1.82, 2.24) is 15.4 Å². The van der Waals surface area contributed by atoms with Crippen LogP contribution >= 0.6 is 24.0 Å². The van der Waals surface area contributed by atoms with E-state index in [4.69, 9.17) is 9.47 Å². The van der Waals surface area contributed by atoms with Gasteiger partial charge in [-0.2, -0.15) is 0 Å². The van der Waals surface area contributed by atoms with E-state index >= 15 is 0 Å². The fraction of sp³-hybridized carbons (Fsp3) is 0.588. The predicted molar refractivity (Wildman–Crippen MR) is 120 cm³/mol. The monoisotopic (exact) mass is 514 g/mol. The molecule has 0 aliphatic rings. The van der Waals surface area contributed by atoms with Crippen molar-refractivity contribution in [2.45, 2.75) is 20.4 Å². The normalized spacial score (nSPS) is 11.6. The van der Waals surface area contributed by atoms with Gasteiger partial charge in [0, 0.05) is 39.4 Å². The molecule has 0 fully saturated rings. The van der Waals surface area contributed by atoms with Crippen LogP contribution in [0.4, 0.5) is 0 Å². The summed E-state index contributed by atoms with van der Waals surface area (Å²) in [6.45, 7) is 5.89. The zero-order valence-electron chi connectivity index (χ0n) is 16.4. The highest BCUT2D eigenvalue weighted by Crippen LogP contribution is 2.20. The molecule has 0 atom stereocenters. The Bertz CT molecular complexity index is 684. The molecule has 8 nitrogen and oxygen atoms in total. The van der Waals surface area contributed by atoms with E-state index in [0.717, 1.165) is 16.9 Å². The lowest BCUT2D eigenvalue weighted by Crippen LogP contribution is -2.41.